The number of nitrogens with zero attached hydrogens (tertiary/aromatic N) is 3. The molecule has 158 valence electrons. The van der Waals surface area contributed by atoms with Crippen molar-refractivity contribution in [2.24, 2.45) is 0 Å². The average molecular weight is 457 g/mol. The summed E-state index contributed by atoms with van der Waals surface area (Å²) in [5, 5.41) is 3.53. The van der Waals surface area contributed by atoms with Gasteiger partial charge >= 0.3 is 0 Å². The van der Waals surface area contributed by atoms with Gasteiger partial charge in [0.1, 0.15) is 17.0 Å². The molecule has 3 heterocycles. The smallest absolute Gasteiger partial charge is 0.151 e. The second kappa shape index (κ2) is 8.81. The van der Waals surface area contributed by atoms with E-state index in [4.69, 9.17) is 11.6 Å². The zero-order valence-corrected chi connectivity index (χ0v) is 18.9. The van der Waals surface area contributed by atoms with E-state index in [0.29, 0.717) is 38.6 Å². The minimum absolute atomic E-state index is 0.166. The van der Waals surface area contributed by atoms with E-state index in [-0.39, 0.29) is 26.0 Å². The van der Waals surface area contributed by atoms with E-state index in [1.807, 2.05) is 12.1 Å². The number of rotatable bonds is 5. The van der Waals surface area contributed by atoms with Crippen molar-refractivity contribution >= 4 is 41.7 Å². The molecule has 0 radical (unpaired) electrons. The normalized spacial score (nSPS) is 11.3. The van der Waals surface area contributed by atoms with E-state index in [1.54, 1.807) is 31.3 Å². The minimum Gasteiger partial charge on any atom is -0.378 e. The van der Waals surface area contributed by atoms with E-state index < -0.39 is 5.82 Å². The van der Waals surface area contributed by atoms with Crippen LogP contribution in [0.2, 0.25) is 5.02 Å². The molecule has 1 aromatic carbocycles. The number of nitrogens with one attached hydrogen (secondary N) is 1. The number of hydrogen-bond acceptors (Lipinski definition) is 4. The number of aromatic nitrogens is 3. The molecule has 0 spiro atoms. The molecule has 0 bridgehead atoms. The second-order valence-electron chi connectivity index (χ2n) is 7.32. The number of anilines is 1. The third kappa shape index (κ3) is 4.36. The van der Waals surface area contributed by atoms with Crippen molar-refractivity contribution in [2.45, 2.75) is 13.5 Å². The summed E-state index contributed by atoms with van der Waals surface area (Å²) in [6.45, 7) is 6.15. The summed E-state index contributed by atoms with van der Waals surface area (Å²) in [7, 11) is -0.349. The van der Waals surface area contributed by atoms with Crippen molar-refractivity contribution in [1.82, 2.24) is 15.0 Å². The third-order valence-electron chi connectivity index (χ3n) is 4.91. The van der Waals surface area contributed by atoms with Crippen LogP contribution >= 0.6 is 19.5 Å². The standard InChI is InChI=1S/C23H20ClF2N4P/c1-13-20(24)23(28-11-14-6-4-5-7-16(14)25)22-18(29-13)10-17(26)21(30-22)15-8-9-19(27-12-15)31(2)3/h4-10,12H,11H2,1-3H3,(H,28,29). The lowest BCUT2D eigenvalue weighted by Gasteiger charge is -2.15. The largest absolute Gasteiger partial charge is 0.378 e. The molecule has 0 aliphatic heterocycles. The molecule has 31 heavy (non-hydrogen) atoms. The molecule has 0 aliphatic carbocycles. The lowest BCUT2D eigenvalue weighted by atomic mass is 10.1. The first-order valence-electron chi connectivity index (χ1n) is 9.62. The first-order chi connectivity index (χ1) is 14.8. The van der Waals surface area contributed by atoms with Gasteiger partial charge in [0.15, 0.2) is 5.82 Å². The zero-order valence-electron chi connectivity index (χ0n) is 17.2. The Kier molecular flexibility index (Phi) is 6.12. The van der Waals surface area contributed by atoms with Crippen LogP contribution in [0.4, 0.5) is 14.5 Å². The zero-order chi connectivity index (χ0) is 22.1. The van der Waals surface area contributed by atoms with Gasteiger partial charge in [-0.25, -0.2) is 18.7 Å². The molecule has 0 atom stereocenters. The summed E-state index contributed by atoms with van der Waals surface area (Å²) in [6.07, 6.45) is 1.63. The number of benzene rings is 1. The van der Waals surface area contributed by atoms with Crippen molar-refractivity contribution < 1.29 is 8.78 Å². The van der Waals surface area contributed by atoms with Crippen molar-refractivity contribution in [3.63, 3.8) is 0 Å². The fraction of sp³-hybridized carbons (Fsp3) is 0.174. The van der Waals surface area contributed by atoms with Crippen molar-refractivity contribution in [3.8, 4) is 11.3 Å². The molecule has 8 heteroatoms. The monoisotopic (exact) mass is 456 g/mol. The van der Waals surface area contributed by atoms with Crippen molar-refractivity contribution in [1.29, 1.82) is 0 Å². The van der Waals surface area contributed by atoms with Crippen LogP contribution in [0.15, 0.2) is 48.7 Å². The molecule has 0 unspecified atom stereocenters. The highest BCUT2D eigenvalue weighted by molar-refractivity contribution is 7.63. The summed E-state index contributed by atoms with van der Waals surface area (Å²) in [6, 6.07) is 11.5. The summed E-state index contributed by atoms with van der Waals surface area (Å²) in [5.74, 6) is -0.814. The molecule has 1 N–H and O–H groups in total. The number of hydrogen-bond donors (Lipinski definition) is 1. The Morgan fingerprint density at radius 1 is 1.03 bits per heavy atom. The Balaban J connectivity index is 1.80. The minimum atomic E-state index is -0.494. The first kappa shape index (κ1) is 21.5. The number of fused-ring (bicyclic) bond motifs is 1. The number of halogens is 3. The van der Waals surface area contributed by atoms with Gasteiger partial charge in [-0.1, -0.05) is 37.7 Å². The molecule has 0 fully saturated rings. The summed E-state index contributed by atoms with van der Waals surface area (Å²) < 4.78 is 29.0. The van der Waals surface area contributed by atoms with Gasteiger partial charge < -0.3 is 5.32 Å². The van der Waals surface area contributed by atoms with Crippen LogP contribution in [0.5, 0.6) is 0 Å². The van der Waals surface area contributed by atoms with Gasteiger partial charge in [0, 0.05) is 29.9 Å². The molecule has 4 aromatic rings. The Morgan fingerprint density at radius 2 is 1.81 bits per heavy atom. The summed E-state index contributed by atoms with van der Waals surface area (Å²) in [5.41, 5.74) is 4.00. The Labute approximate surface area is 185 Å². The maximum Gasteiger partial charge on any atom is 0.151 e. The molecule has 0 aliphatic rings. The SMILES string of the molecule is Cc1nc2cc(F)c(-c3ccc(P(C)C)nc3)nc2c(NCc2ccccc2F)c1Cl. The number of pyridine rings is 3. The van der Waals surface area contributed by atoms with Crippen LogP contribution < -0.4 is 10.8 Å². The topological polar surface area (TPSA) is 50.7 Å². The van der Waals surface area contributed by atoms with Gasteiger partial charge in [-0.05, 0) is 38.5 Å². The lowest BCUT2D eigenvalue weighted by Crippen LogP contribution is -2.07. The summed E-state index contributed by atoms with van der Waals surface area (Å²) >= 11 is 6.51. The van der Waals surface area contributed by atoms with Gasteiger partial charge in [0.25, 0.3) is 0 Å². The number of aryl methyl sites for hydroxylation is 1. The predicted molar refractivity (Wildman–Crippen MR) is 125 cm³/mol. The van der Waals surface area contributed by atoms with Crippen LogP contribution in [0, 0.1) is 18.6 Å². The average Bonchev–Trinajstić information content (AvgIpc) is 2.75. The van der Waals surface area contributed by atoms with Gasteiger partial charge in [-0.2, -0.15) is 0 Å². The summed E-state index contributed by atoms with van der Waals surface area (Å²) in [4.78, 5) is 13.4. The van der Waals surface area contributed by atoms with Gasteiger partial charge in [0.05, 0.1) is 27.4 Å². The van der Waals surface area contributed by atoms with Crippen LogP contribution in [0.25, 0.3) is 22.3 Å². The van der Waals surface area contributed by atoms with E-state index >= 15 is 0 Å². The van der Waals surface area contributed by atoms with Gasteiger partial charge in [-0.3, -0.25) is 4.98 Å². The molecule has 0 saturated heterocycles. The molecular weight excluding hydrogens is 437 g/mol. The molecule has 4 nitrogen and oxygen atoms in total. The van der Waals surface area contributed by atoms with Crippen LogP contribution in [0.1, 0.15) is 11.3 Å². The van der Waals surface area contributed by atoms with E-state index in [1.165, 1.54) is 12.1 Å². The van der Waals surface area contributed by atoms with E-state index in [9.17, 15) is 8.78 Å². The Hall–Kier alpha value is -2.69. The van der Waals surface area contributed by atoms with E-state index in [2.05, 4.69) is 33.6 Å². The predicted octanol–water partition coefficient (Wildman–Crippen LogP) is 5.91. The maximum atomic E-state index is 14.9. The van der Waals surface area contributed by atoms with E-state index in [0.717, 1.165) is 5.44 Å². The fourth-order valence-electron chi connectivity index (χ4n) is 3.24. The molecule has 4 rings (SSSR count). The first-order valence-corrected chi connectivity index (χ1v) is 12.2. The molecular formula is C23H20ClF2N4P. The highest BCUT2D eigenvalue weighted by Crippen LogP contribution is 2.34. The highest BCUT2D eigenvalue weighted by Gasteiger charge is 2.17. The maximum absolute atomic E-state index is 14.9. The lowest BCUT2D eigenvalue weighted by molar-refractivity contribution is 0.613. The van der Waals surface area contributed by atoms with Crippen molar-refractivity contribution in [3.05, 3.63) is 76.6 Å². The Morgan fingerprint density at radius 3 is 2.48 bits per heavy atom. The molecule has 3 aromatic heterocycles. The van der Waals surface area contributed by atoms with Crippen molar-refractivity contribution in [2.75, 3.05) is 18.6 Å². The van der Waals surface area contributed by atoms with Crippen LogP contribution in [-0.2, 0) is 6.54 Å². The third-order valence-corrected chi connectivity index (χ3v) is 6.55. The fourth-order valence-corrected chi connectivity index (χ4v) is 4.10. The van der Waals surface area contributed by atoms with Gasteiger partial charge in [-0.15, -0.1) is 0 Å². The Bertz CT molecular complexity index is 1260. The second-order valence-corrected chi connectivity index (χ2v) is 9.94. The van der Waals surface area contributed by atoms with Gasteiger partial charge in [0.2, 0.25) is 0 Å². The molecule has 0 saturated carbocycles. The van der Waals surface area contributed by atoms with Crippen LogP contribution in [-0.4, -0.2) is 28.3 Å². The highest BCUT2D eigenvalue weighted by atomic mass is 35.5. The molecule has 0 amide bonds. The quantitative estimate of drug-likeness (QED) is 0.379. The van der Waals surface area contributed by atoms with Crippen LogP contribution in [0.3, 0.4) is 0 Å².